The normalized spacial score (nSPS) is 11.6. The average molecular weight is 599 g/mol. The number of nitrogen functional groups attached to an aromatic ring is 1. The zero-order valence-corrected chi connectivity index (χ0v) is 24.6. The van der Waals surface area contributed by atoms with Crippen molar-refractivity contribution in [2.45, 2.75) is 20.5 Å². The van der Waals surface area contributed by atoms with Gasteiger partial charge in [-0.25, -0.2) is 4.79 Å². The fourth-order valence-electron chi connectivity index (χ4n) is 4.81. The van der Waals surface area contributed by atoms with Gasteiger partial charge in [-0.15, -0.1) is 11.3 Å². The summed E-state index contributed by atoms with van der Waals surface area (Å²) in [5.74, 6) is -1.26. The number of benzene rings is 3. The lowest BCUT2D eigenvalue weighted by Crippen LogP contribution is -2.27. The second-order valence-corrected chi connectivity index (χ2v) is 11.3. The monoisotopic (exact) mass is 598 g/mol. The highest BCUT2D eigenvalue weighted by molar-refractivity contribution is 7.13. The van der Waals surface area contributed by atoms with Gasteiger partial charge in [0, 0.05) is 45.4 Å². The van der Waals surface area contributed by atoms with Crippen LogP contribution < -0.4 is 25.8 Å². The number of amidine groups is 1. The fourth-order valence-corrected chi connectivity index (χ4v) is 5.75. The molecule has 220 valence electrons. The predicted octanol–water partition coefficient (Wildman–Crippen LogP) is 5.60. The van der Waals surface area contributed by atoms with Gasteiger partial charge in [0.05, 0.1) is 18.2 Å². The van der Waals surface area contributed by atoms with Gasteiger partial charge >= 0.3 is 5.97 Å². The van der Waals surface area contributed by atoms with Gasteiger partial charge in [0.1, 0.15) is 23.9 Å². The molecule has 0 saturated carbocycles. The van der Waals surface area contributed by atoms with Crippen LogP contribution in [-0.4, -0.2) is 42.4 Å². The van der Waals surface area contributed by atoms with Crippen molar-refractivity contribution in [3.63, 3.8) is 0 Å². The molecular formula is C32H30N4O6S. The smallest absolute Gasteiger partial charge is 0.336 e. The molecule has 0 spiro atoms. The molecule has 1 aliphatic heterocycles. The molecule has 0 aliphatic carbocycles. The van der Waals surface area contributed by atoms with Gasteiger partial charge in [0.25, 0.3) is 11.8 Å². The van der Waals surface area contributed by atoms with Gasteiger partial charge in [-0.1, -0.05) is 19.9 Å². The van der Waals surface area contributed by atoms with E-state index in [1.54, 1.807) is 36.4 Å². The molecule has 43 heavy (non-hydrogen) atoms. The molecule has 11 heteroatoms. The summed E-state index contributed by atoms with van der Waals surface area (Å²) in [6, 6.07) is 14.5. The SMILES string of the molecule is COc1cc(NC(=O)c2cc3c(cc2-c2ccc(C(=O)NCC(C)C)cc2C(=O)O)OCc2ccsc2-3)ccc1C(=N)N. The number of carbonyl (C=O) groups is 3. The average Bonchev–Trinajstić information content (AvgIpc) is 3.48. The predicted molar refractivity (Wildman–Crippen MR) is 166 cm³/mol. The van der Waals surface area contributed by atoms with Gasteiger partial charge in [-0.05, 0) is 64.9 Å². The molecule has 2 amide bonds. The van der Waals surface area contributed by atoms with Crippen LogP contribution in [0.5, 0.6) is 11.5 Å². The number of aromatic carboxylic acids is 1. The van der Waals surface area contributed by atoms with Gasteiger partial charge < -0.3 is 30.9 Å². The highest BCUT2D eigenvalue weighted by Gasteiger charge is 2.27. The number of carboxylic acids is 1. The summed E-state index contributed by atoms with van der Waals surface area (Å²) < 4.78 is 11.4. The summed E-state index contributed by atoms with van der Waals surface area (Å²) in [5.41, 5.74) is 8.97. The molecular weight excluding hydrogens is 568 g/mol. The van der Waals surface area contributed by atoms with Gasteiger partial charge in [-0.3, -0.25) is 15.0 Å². The second kappa shape index (κ2) is 12.0. The van der Waals surface area contributed by atoms with Crippen molar-refractivity contribution in [3.05, 3.63) is 87.8 Å². The van der Waals surface area contributed by atoms with Crippen molar-refractivity contribution in [1.82, 2.24) is 5.32 Å². The topological polar surface area (TPSA) is 164 Å². The maximum absolute atomic E-state index is 13.9. The molecule has 2 heterocycles. The Morgan fingerprint density at radius 2 is 1.79 bits per heavy atom. The van der Waals surface area contributed by atoms with Crippen molar-refractivity contribution >= 4 is 40.6 Å². The quantitative estimate of drug-likeness (QED) is 0.124. The number of methoxy groups -OCH3 is 1. The minimum Gasteiger partial charge on any atom is -0.496 e. The number of nitrogens with one attached hydrogen (secondary N) is 3. The molecule has 0 unspecified atom stereocenters. The number of hydrogen-bond acceptors (Lipinski definition) is 7. The van der Waals surface area contributed by atoms with E-state index in [0.29, 0.717) is 41.5 Å². The highest BCUT2D eigenvalue weighted by atomic mass is 32.1. The number of rotatable bonds is 9. The van der Waals surface area contributed by atoms with Crippen LogP contribution in [0.25, 0.3) is 21.6 Å². The maximum Gasteiger partial charge on any atom is 0.336 e. The summed E-state index contributed by atoms with van der Waals surface area (Å²) in [6.07, 6.45) is 0. The van der Waals surface area contributed by atoms with E-state index >= 15 is 0 Å². The summed E-state index contributed by atoms with van der Waals surface area (Å²) in [5, 5.41) is 25.5. The number of carbonyl (C=O) groups excluding carboxylic acids is 2. The summed E-state index contributed by atoms with van der Waals surface area (Å²) in [4.78, 5) is 40.1. The third kappa shape index (κ3) is 5.93. The number of thiophene rings is 1. The van der Waals surface area contributed by atoms with E-state index in [2.05, 4.69) is 10.6 Å². The van der Waals surface area contributed by atoms with Gasteiger partial charge in [-0.2, -0.15) is 0 Å². The summed E-state index contributed by atoms with van der Waals surface area (Å²) >= 11 is 1.52. The fraction of sp³-hybridized carbons (Fsp3) is 0.188. The van der Waals surface area contributed by atoms with Crippen LogP contribution in [0.15, 0.2) is 60.0 Å². The van der Waals surface area contributed by atoms with E-state index in [9.17, 15) is 19.5 Å². The van der Waals surface area contributed by atoms with Crippen LogP contribution in [0, 0.1) is 11.3 Å². The molecule has 1 aromatic heterocycles. The van der Waals surface area contributed by atoms with E-state index in [1.807, 2.05) is 25.3 Å². The first kappa shape index (κ1) is 29.3. The second-order valence-electron chi connectivity index (χ2n) is 10.4. The first-order valence-corrected chi connectivity index (χ1v) is 14.3. The Bertz CT molecular complexity index is 1780. The zero-order valence-electron chi connectivity index (χ0n) is 23.7. The Morgan fingerprint density at radius 1 is 1.00 bits per heavy atom. The third-order valence-electron chi connectivity index (χ3n) is 6.96. The molecule has 0 fully saturated rings. The molecule has 10 nitrogen and oxygen atoms in total. The summed E-state index contributed by atoms with van der Waals surface area (Å²) in [7, 11) is 1.44. The van der Waals surface area contributed by atoms with E-state index in [0.717, 1.165) is 16.0 Å². The van der Waals surface area contributed by atoms with Crippen LogP contribution in [0.3, 0.4) is 0 Å². The van der Waals surface area contributed by atoms with Gasteiger partial charge in [0.15, 0.2) is 0 Å². The van der Waals surface area contributed by atoms with E-state index < -0.39 is 11.9 Å². The number of amides is 2. The molecule has 6 N–H and O–H groups in total. The van der Waals surface area contributed by atoms with E-state index in [4.69, 9.17) is 20.6 Å². The van der Waals surface area contributed by atoms with Crippen LogP contribution in [0.4, 0.5) is 5.69 Å². The van der Waals surface area contributed by atoms with Crippen LogP contribution in [0.1, 0.15) is 56.0 Å². The first-order valence-electron chi connectivity index (χ1n) is 13.4. The largest absolute Gasteiger partial charge is 0.496 e. The summed E-state index contributed by atoms with van der Waals surface area (Å²) in [6.45, 7) is 4.71. The first-order chi connectivity index (χ1) is 20.6. The molecule has 0 bridgehead atoms. The molecule has 0 saturated heterocycles. The van der Waals surface area contributed by atoms with E-state index in [1.165, 1.54) is 30.6 Å². The van der Waals surface area contributed by atoms with Crippen molar-refractivity contribution in [2.75, 3.05) is 19.0 Å². The molecule has 3 aromatic carbocycles. The number of anilines is 1. The number of carboxylic acid groups (broad SMARTS) is 1. The molecule has 5 rings (SSSR count). The highest BCUT2D eigenvalue weighted by Crippen LogP contribution is 2.45. The minimum absolute atomic E-state index is 0.133. The Kier molecular flexibility index (Phi) is 8.18. The lowest BCUT2D eigenvalue weighted by molar-refractivity contribution is 0.0697. The van der Waals surface area contributed by atoms with Crippen molar-refractivity contribution in [3.8, 4) is 33.1 Å². The Labute approximate surface area is 252 Å². The van der Waals surface area contributed by atoms with Crippen molar-refractivity contribution in [1.29, 1.82) is 5.41 Å². The number of hydrogen-bond donors (Lipinski definition) is 5. The molecule has 1 aliphatic rings. The minimum atomic E-state index is -1.25. The van der Waals surface area contributed by atoms with Crippen LogP contribution in [-0.2, 0) is 6.61 Å². The standard InChI is InChI=1S/C32H30N4O6S/c1-16(2)14-35-30(37)17-4-6-20(24(10-17)32(39)40)22-13-27-25(28-18(15-42-27)8-9-43-28)12-23(22)31(38)36-19-5-7-21(29(33)34)26(11-19)41-3/h4-13,16H,14-15H2,1-3H3,(H3,33,34)(H,35,37)(H,36,38)(H,39,40). The van der Waals surface area contributed by atoms with Crippen LogP contribution >= 0.6 is 11.3 Å². The lowest BCUT2D eigenvalue weighted by atomic mass is 9.90. The maximum atomic E-state index is 13.9. The number of ether oxygens (including phenoxy) is 2. The molecule has 0 radical (unpaired) electrons. The zero-order chi connectivity index (χ0) is 30.8. The number of fused-ring (bicyclic) bond motifs is 3. The number of nitrogens with two attached hydrogens (primary N) is 1. The van der Waals surface area contributed by atoms with Crippen molar-refractivity contribution < 1.29 is 29.0 Å². The molecule has 0 atom stereocenters. The van der Waals surface area contributed by atoms with Gasteiger partial charge in [0.2, 0.25) is 0 Å². The Hall–Kier alpha value is -5.16. The van der Waals surface area contributed by atoms with Crippen LogP contribution in [0.2, 0.25) is 0 Å². The molecule has 4 aromatic rings. The Balaban J connectivity index is 1.62. The van der Waals surface area contributed by atoms with E-state index in [-0.39, 0.29) is 39.9 Å². The van der Waals surface area contributed by atoms with Crippen molar-refractivity contribution in [2.24, 2.45) is 11.7 Å². The lowest BCUT2D eigenvalue weighted by Gasteiger charge is -2.22. The third-order valence-corrected chi connectivity index (χ3v) is 7.95. The Morgan fingerprint density at radius 3 is 2.49 bits per heavy atom.